The molecule has 8 heteroatoms. The number of para-hydroxylation sites is 1. The van der Waals surface area contributed by atoms with Crippen LogP contribution in [0.5, 0.6) is 11.5 Å². The zero-order valence-corrected chi connectivity index (χ0v) is 18.5. The van der Waals surface area contributed by atoms with Crippen molar-refractivity contribution in [2.45, 2.75) is 25.7 Å². The summed E-state index contributed by atoms with van der Waals surface area (Å²) in [6.45, 7) is 0.776. The Bertz CT molecular complexity index is 1020. The summed E-state index contributed by atoms with van der Waals surface area (Å²) < 4.78 is 11.3. The predicted molar refractivity (Wildman–Crippen MR) is 126 cm³/mol. The van der Waals surface area contributed by atoms with E-state index >= 15 is 0 Å². The van der Waals surface area contributed by atoms with E-state index in [2.05, 4.69) is 5.32 Å². The Hall–Kier alpha value is -2.84. The molecule has 0 saturated carbocycles. The van der Waals surface area contributed by atoms with Gasteiger partial charge in [-0.15, -0.1) is 0 Å². The first-order valence-corrected chi connectivity index (χ1v) is 11.3. The lowest BCUT2D eigenvalue weighted by Crippen LogP contribution is -2.29. The van der Waals surface area contributed by atoms with Crippen molar-refractivity contribution < 1.29 is 19.1 Å². The second-order valence-corrected chi connectivity index (χ2v) is 8.85. The number of hydrogen-bond acceptors (Lipinski definition) is 6. The van der Waals surface area contributed by atoms with Gasteiger partial charge in [0.15, 0.2) is 11.5 Å². The minimum absolute atomic E-state index is 0.00321. The van der Waals surface area contributed by atoms with Crippen LogP contribution < -0.4 is 14.8 Å². The molecule has 1 N–H and O–H groups in total. The Labute approximate surface area is 190 Å². The van der Waals surface area contributed by atoms with E-state index in [9.17, 15) is 9.59 Å². The molecule has 2 aliphatic heterocycles. The van der Waals surface area contributed by atoms with Crippen LogP contribution in [0.15, 0.2) is 53.4 Å². The SMILES string of the molecule is O=C(CCCCCN1C(=O)/C(=C\c2ccc3c(c2)OCO3)SC1=S)Nc1ccccc1. The molecule has 1 saturated heterocycles. The zero-order valence-electron chi connectivity index (χ0n) is 16.8. The topological polar surface area (TPSA) is 67.9 Å². The molecule has 4 rings (SSSR count). The van der Waals surface area contributed by atoms with Crippen molar-refractivity contribution in [3.63, 3.8) is 0 Å². The third-order valence-electron chi connectivity index (χ3n) is 4.91. The van der Waals surface area contributed by atoms with Gasteiger partial charge >= 0.3 is 0 Å². The first kappa shape index (κ1) is 21.4. The van der Waals surface area contributed by atoms with Crippen LogP contribution in [0, 0.1) is 0 Å². The molecule has 0 atom stereocenters. The summed E-state index contributed by atoms with van der Waals surface area (Å²) in [6, 6.07) is 15.0. The van der Waals surface area contributed by atoms with Crippen LogP contribution in [-0.2, 0) is 9.59 Å². The number of ether oxygens (including phenoxy) is 2. The Kier molecular flexibility index (Phi) is 6.89. The van der Waals surface area contributed by atoms with Crippen molar-refractivity contribution in [1.82, 2.24) is 4.90 Å². The molecule has 0 aromatic heterocycles. The van der Waals surface area contributed by atoms with E-state index in [1.54, 1.807) is 4.90 Å². The van der Waals surface area contributed by atoms with E-state index in [4.69, 9.17) is 21.7 Å². The summed E-state index contributed by atoms with van der Waals surface area (Å²) in [6.07, 6.45) is 4.69. The lowest BCUT2D eigenvalue weighted by atomic mass is 10.1. The van der Waals surface area contributed by atoms with Gasteiger partial charge in [-0.05, 0) is 48.7 Å². The lowest BCUT2D eigenvalue weighted by molar-refractivity contribution is -0.122. The number of carbonyl (C=O) groups is 2. The number of benzene rings is 2. The molecule has 2 heterocycles. The van der Waals surface area contributed by atoms with Crippen LogP contribution in [0.1, 0.15) is 31.2 Å². The van der Waals surface area contributed by atoms with Gasteiger partial charge in [-0.1, -0.05) is 54.7 Å². The highest BCUT2D eigenvalue weighted by Crippen LogP contribution is 2.36. The van der Waals surface area contributed by atoms with Crippen molar-refractivity contribution in [3.05, 3.63) is 59.0 Å². The summed E-state index contributed by atoms with van der Waals surface area (Å²) >= 11 is 6.71. The molecule has 2 aromatic rings. The number of amides is 2. The summed E-state index contributed by atoms with van der Waals surface area (Å²) in [5.41, 5.74) is 1.67. The quantitative estimate of drug-likeness (QED) is 0.351. The normalized spacial score (nSPS) is 16.3. The third-order valence-corrected chi connectivity index (χ3v) is 6.29. The van der Waals surface area contributed by atoms with Crippen molar-refractivity contribution in [1.29, 1.82) is 0 Å². The molecule has 160 valence electrons. The van der Waals surface area contributed by atoms with Crippen molar-refractivity contribution >= 4 is 51.9 Å². The number of thiocarbonyl (C=S) groups is 1. The van der Waals surface area contributed by atoms with Crippen molar-refractivity contribution in [2.24, 2.45) is 0 Å². The molecule has 0 bridgehead atoms. The largest absolute Gasteiger partial charge is 0.454 e. The van der Waals surface area contributed by atoms with Gasteiger partial charge in [0.1, 0.15) is 4.32 Å². The molecular weight excluding hydrogens is 432 g/mol. The van der Waals surface area contributed by atoms with Gasteiger partial charge in [-0.3, -0.25) is 14.5 Å². The highest BCUT2D eigenvalue weighted by atomic mass is 32.2. The number of nitrogens with one attached hydrogen (secondary N) is 1. The van der Waals surface area contributed by atoms with Crippen molar-refractivity contribution in [3.8, 4) is 11.5 Å². The summed E-state index contributed by atoms with van der Waals surface area (Å²) in [5, 5.41) is 2.88. The third kappa shape index (κ3) is 5.45. The molecular formula is C23H22N2O4S2. The Morgan fingerprint density at radius 3 is 2.74 bits per heavy atom. The maximum atomic E-state index is 12.8. The van der Waals surface area contributed by atoms with Crippen LogP contribution in [0.2, 0.25) is 0 Å². The van der Waals surface area contributed by atoms with E-state index in [1.165, 1.54) is 11.8 Å². The van der Waals surface area contributed by atoms with Gasteiger partial charge in [-0.25, -0.2) is 0 Å². The van der Waals surface area contributed by atoms with Crippen LogP contribution in [0.3, 0.4) is 0 Å². The highest BCUT2D eigenvalue weighted by Gasteiger charge is 2.31. The monoisotopic (exact) mass is 454 g/mol. The van der Waals surface area contributed by atoms with Crippen LogP contribution in [-0.4, -0.2) is 34.4 Å². The Balaban J connectivity index is 1.23. The minimum atomic E-state index is -0.0745. The fourth-order valence-corrected chi connectivity index (χ4v) is 4.63. The standard InChI is InChI=1S/C23H22N2O4S2/c26-21(24-17-7-3-1-4-8-17)9-5-2-6-12-25-22(27)20(31-23(25)30)14-16-10-11-18-19(13-16)29-15-28-18/h1,3-4,7-8,10-11,13-14H,2,5-6,9,12,15H2,(H,24,26)/b20-14+. The molecule has 2 aliphatic rings. The van der Waals surface area contributed by atoms with Crippen LogP contribution in [0.25, 0.3) is 6.08 Å². The average Bonchev–Trinajstić information content (AvgIpc) is 3.33. The number of thioether (sulfide) groups is 1. The number of rotatable bonds is 8. The average molecular weight is 455 g/mol. The second kappa shape index (κ2) is 9.98. The molecule has 2 amide bonds. The number of fused-ring (bicyclic) bond motifs is 1. The van der Waals surface area contributed by atoms with E-state index < -0.39 is 0 Å². The number of hydrogen-bond donors (Lipinski definition) is 1. The van der Waals surface area contributed by atoms with Gasteiger partial charge in [0.05, 0.1) is 4.91 Å². The molecule has 31 heavy (non-hydrogen) atoms. The number of unbranched alkanes of at least 4 members (excludes halogenated alkanes) is 2. The number of anilines is 1. The van der Waals surface area contributed by atoms with Crippen LogP contribution in [0.4, 0.5) is 5.69 Å². The van der Waals surface area contributed by atoms with E-state index in [-0.39, 0.29) is 18.6 Å². The smallest absolute Gasteiger partial charge is 0.266 e. The first-order valence-electron chi connectivity index (χ1n) is 10.1. The van der Waals surface area contributed by atoms with Gasteiger partial charge in [0, 0.05) is 18.7 Å². The Morgan fingerprint density at radius 2 is 1.90 bits per heavy atom. The maximum absolute atomic E-state index is 12.8. The summed E-state index contributed by atoms with van der Waals surface area (Å²) in [4.78, 5) is 27.0. The molecule has 6 nitrogen and oxygen atoms in total. The predicted octanol–water partition coefficient (Wildman–Crippen LogP) is 4.82. The fraction of sp³-hybridized carbons (Fsp3) is 0.261. The minimum Gasteiger partial charge on any atom is -0.454 e. The highest BCUT2D eigenvalue weighted by molar-refractivity contribution is 8.26. The molecule has 0 aliphatic carbocycles. The van der Waals surface area contributed by atoms with Gasteiger partial charge in [0.25, 0.3) is 5.91 Å². The molecule has 0 spiro atoms. The summed E-state index contributed by atoms with van der Waals surface area (Å²) in [5.74, 6) is 1.32. The number of nitrogens with zero attached hydrogens (tertiary/aromatic N) is 1. The fourth-order valence-electron chi connectivity index (χ4n) is 3.32. The van der Waals surface area contributed by atoms with Gasteiger partial charge in [-0.2, -0.15) is 0 Å². The molecule has 2 aromatic carbocycles. The molecule has 0 radical (unpaired) electrons. The first-order chi connectivity index (χ1) is 15.1. The Morgan fingerprint density at radius 1 is 1.10 bits per heavy atom. The lowest BCUT2D eigenvalue weighted by Gasteiger charge is -2.14. The van der Waals surface area contributed by atoms with Gasteiger partial charge < -0.3 is 14.8 Å². The zero-order chi connectivity index (χ0) is 21.6. The van der Waals surface area contributed by atoms with E-state index in [1.807, 2.05) is 54.6 Å². The second-order valence-electron chi connectivity index (χ2n) is 7.17. The molecule has 1 fully saturated rings. The maximum Gasteiger partial charge on any atom is 0.266 e. The van der Waals surface area contributed by atoms with Crippen molar-refractivity contribution in [2.75, 3.05) is 18.7 Å². The van der Waals surface area contributed by atoms with Gasteiger partial charge in [0.2, 0.25) is 12.7 Å². The van der Waals surface area contributed by atoms with E-state index in [0.29, 0.717) is 33.7 Å². The van der Waals surface area contributed by atoms with E-state index in [0.717, 1.165) is 30.5 Å². The number of carbonyl (C=O) groups excluding carboxylic acids is 2. The molecule has 0 unspecified atom stereocenters. The summed E-state index contributed by atoms with van der Waals surface area (Å²) in [7, 11) is 0. The van der Waals surface area contributed by atoms with Crippen LogP contribution >= 0.6 is 24.0 Å².